The summed E-state index contributed by atoms with van der Waals surface area (Å²) >= 11 is 0. The number of rotatable bonds is 5. The molecule has 0 amide bonds. The Morgan fingerprint density at radius 1 is 0.889 bits per heavy atom. The molecule has 36 heavy (non-hydrogen) atoms. The van der Waals surface area contributed by atoms with E-state index >= 15 is 0 Å². The van der Waals surface area contributed by atoms with Gasteiger partial charge in [-0.25, -0.2) is 15.0 Å². The molecule has 3 aromatic heterocycles. The summed E-state index contributed by atoms with van der Waals surface area (Å²) in [6.45, 7) is 7.36. The van der Waals surface area contributed by atoms with Crippen molar-refractivity contribution in [3.05, 3.63) is 72.3 Å². The van der Waals surface area contributed by atoms with Gasteiger partial charge in [-0.15, -0.1) is 0 Å². The quantitative estimate of drug-likeness (QED) is 0.399. The Morgan fingerprint density at radius 3 is 2.33 bits per heavy atom. The first-order chi connectivity index (χ1) is 17.6. The van der Waals surface area contributed by atoms with Crippen LogP contribution >= 0.6 is 0 Å². The van der Waals surface area contributed by atoms with Crippen LogP contribution in [0.25, 0.3) is 28.2 Å². The molecule has 0 atom stereocenters. The number of morpholine rings is 1. The first-order valence-electron chi connectivity index (χ1n) is 12.1. The fraction of sp³-hybridized carbons (Fsp3) is 0.259. The Morgan fingerprint density at radius 2 is 1.64 bits per heavy atom. The van der Waals surface area contributed by atoms with E-state index in [1.807, 2.05) is 60.5 Å². The van der Waals surface area contributed by atoms with Crippen LogP contribution < -0.4 is 10.2 Å². The normalized spacial score (nSPS) is 13.9. The Labute approximate surface area is 209 Å². The van der Waals surface area contributed by atoms with Gasteiger partial charge in [0, 0.05) is 42.9 Å². The van der Waals surface area contributed by atoms with Crippen molar-refractivity contribution in [3.8, 4) is 17.1 Å². The number of anilines is 3. The highest BCUT2D eigenvalue weighted by Gasteiger charge is 2.20. The number of para-hydroxylation sites is 1. The molecule has 0 unspecified atom stereocenters. The summed E-state index contributed by atoms with van der Waals surface area (Å²) in [7, 11) is 1.94. The number of aryl methyl sites for hydroxylation is 2. The summed E-state index contributed by atoms with van der Waals surface area (Å²) in [5.41, 5.74) is 7.40. The Hall–Kier alpha value is -4.24. The third kappa shape index (κ3) is 3.97. The van der Waals surface area contributed by atoms with Gasteiger partial charge in [0.05, 0.1) is 24.5 Å². The van der Waals surface area contributed by atoms with Gasteiger partial charge in [-0.3, -0.25) is 9.25 Å². The van der Waals surface area contributed by atoms with Gasteiger partial charge in [-0.1, -0.05) is 18.2 Å². The van der Waals surface area contributed by atoms with E-state index in [0.717, 1.165) is 60.3 Å². The van der Waals surface area contributed by atoms with Crippen molar-refractivity contribution < 1.29 is 4.74 Å². The number of hydrogen-bond acceptors (Lipinski definition) is 7. The number of hydrogen-bond donors (Lipinski definition) is 1. The topological polar surface area (TPSA) is 85.9 Å². The molecule has 0 bridgehead atoms. The van der Waals surface area contributed by atoms with Crippen molar-refractivity contribution >= 4 is 28.4 Å². The summed E-state index contributed by atoms with van der Waals surface area (Å²) in [5.74, 6) is 1.28. The van der Waals surface area contributed by atoms with Gasteiger partial charge in [0.15, 0.2) is 22.8 Å². The van der Waals surface area contributed by atoms with Crippen LogP contribution in [-0.4, -0.2) is 55.6 Å². The van der Waals surface area contributed by atoms with Gasteiger partial charge in [-0.2, -0.15) is 5.10 Å². The fourth-order valence-electron chi connectivity index (χ4n) is 4.69. The molecule has 1 fully saturated rings. The largest absolute Gasteiger partial charge is 0.378 e. The first-order valence-corrected chi connectivity index (χ1v) is 12.1. The second-order valence-electron chi connectivity index (χ2n) is 8.96. The third-order valence-corrected chi connectivity index (χ3v) is 6.67. The van der Waals surface area contributed by atoms with Gasteiger partial charge in [0.25, 0.3) is 0 Å². The zero-order chi connectivity index (χ0) is 24.6. The predicted octanol–water partition coefficient (Wildman–Crippen LogP) is 4.41. The molecule has 9 heteroatoms. The van der Waals surface area contributed by atoms with E-state index in [1.165, 1.54) is 5.69 Å². The number of ether oxygens (including phenoxy) is 1. The Kier molecular flexibility index (Phi) is 5.61. The standard InChI is InChI=1S/C27H28N8O/c1-18-23(19(2)33(3)32-18)25-30-26(24-27(31-25)35(17-28-24)22-7-5-4-6-8-22)29-20-9-11-21(12-10-20)34-13-15-36-16-14-34/h4-12,17H,13-16H2,1-3H3,(H,29,30,31). The van der Waals surface area contributed by atoms with Crippen LogP contribution in [0.3, 0.4) is 0 Å². The van der Waals surface area contributed by atoms with Crippen molar-refractivity contribution in [1.29, 1.82) is 0 Å². The number of nitrogens with zero attached hydrogens (tertiary/aromatic N) is 7. The predicted molar refractivity (Wildman–Crippen MR) is 141 cm³/mol. The molecular formula is C27H28N8O. The monoisotopic (exact) mass is 480 g/mol. The van der Waals surface area contributed by atoms with Gasteiger partial charge in [0.1, 0.15) is 6.33 Å². The molecule has 1 saturated heterocycles. The van der Waals surface area contributed by atoms with E-state index in [1.54, 1.807) is 6.33 Å². The molecule has 2 aromatic carbocycles. The summed E-state index contributed by atoms with van der Waals surface area (Å²) in [4.78, 5) is 17.0. The number of imidazole rings is 1. The molecule has 0 saturated carbocycles. The van der Waals surface area contributed by atoms with Gasteiger partial charge >= 0.3 is 0 Å². The maximum atomic E-state index is 5.48. The molecule has 1 aliphatic heterocycles. The van der Waals surface area contributed by atoms with Crippen molar-refractivity contribution in [2.24, 2.45) is 7.05 Å². The third-order valence-electron chi connectivity index (χ3n) is 6.67. The summed E-state index contributed by atoms with van der Waals surface area (Å²) in [6.07, 6.45) is 1.80. The zero-order valence-electron chi connectivity index (χ0n) is 20.6. The number of aromatic nitrogens is 6. The van der Waals surface area contributed by atoms with Gasteiger partial charge in [0.2, 0.25) is 0 Å². The molecule has 4 heterocycles. The van der Waals surface area contributed by atoms with Crippen LogP contribution in [0.5, 0.6) is 0 Å². The molecule has 5 aromatic rings. The molecule has 9 nitrogen and oxygen atoms in total. The van der Waals surface area contributed by atoms with E-state index in [4.69, 9.17) is 19.7 Å². The van der Waals surface area contributed by atoms with Gasteiger partial charge in [-0.05, 0) is 50.2 Å². The van der Waals surface area contributed by atoms with Crippen molar-refractivity contribution in [2.75, 3.05) is 36.5 Å². The summed E-state index contributed by atoms with van der Waals surface area (Å²) in [6, 6.07) is 18.5. The summed E-state index contributed by atoms with van der Waals surface area (Å²) < 4.78 is 9.34. The smallest absolute Gasteiger partial charge is 0.170 e. The highest BCUT2D eigenvalue weighted by atomic mass is 16.5. The van der Waals surface area contributed by atoms with E-state index in [9.17, 15) is 0 Å². The van der Waals surface area contributed by atoms with E-state index in [-0.39, 0.29) is 0 Å². The van der Waals surface area contributed by atoms with Crippen LogP contribution in [-0.2, 0) is 11.8 Å². The van der Waals surface area contributed by atoms with Crippen LogP contribution in [0, 0.1) is 13.8 Å². The Balaban J connectivity index is 1.44. The lowest BCUT2D eigenvalue weighted by atomic mass is 10.2. The molecule has 1 aliphatic rings. The minimum atomic E-state index is 0.621. The molecule has 0 spiro atoms. The minimum absolute atomic E-state index is 0.621. The fourth-order valence-corrected chi connectivity index (χ4v) is 4.69. The lowest BCUT2D eigenvalue weighted by Crippen LogP contribution is -2.36. The highest BCUT2D eigenvalue weighted by molar-refractivity contribution is 5.88. The number of benzene rings is 2. The maximum absolute atomic E-state index is 5.48. The molecule has 0 radical (unpaired) electrons. The van der Waals surface area contributed by atoms with E-state index in [0.29, 0.717) is 17.2 Å². The van der Waals surface area contributed by atoms with Crippen molar-refractivity contribution in [2.45, 2.75) is 13.8 Å². The van der Waals surface area contributed by atoms with Crippen molar-refractivity contribution in [1.82, 2.24) is 29.3 Å². The molecule has 0 aliphatic carbocycles. The average molecular weight is 481 g/mol. The molecule has 6 rings (SSSR count). The van der Waals surface area contributed by atoms with Crippen LogP contribution in [0.2, 0.25) is 0 Å². The van der Waals surface area contributed by atoms with Gasteiger partial charge < -0.3 is 15.0 Å². The van der Waals surface area contributed by atoms with E-state index < -0.39 is 0 Å². The summed E-state index contributed by atoms with van der Waals surface area (Å²) in [5, 5.41) is 8.08. The lowest BCUT2D eigenvalue weighted by molar-refractivity contribution is 0.122. The average Bonchev–Trinajstić information content (AvgIpc) is 3.45. The minimum Gasteiger partial charge on any atom is -0.378 e. The lowest BCUT2D eigenvalue weighted by Gasteiger charge is -2.28. The SMILES string of the molecule is Cc1nn(C)c(C)c1-c1nc(Nc2ccc(N3CCOCC3)cc2)c2ncn(-c3ccccc3)c2n1. The van der Waals surface area contributed by atoms with Crippen LogP contribution in [0.1, 0.15) is 11.4 Å². The van der Waals surface area contributed by atoms with E-state index in [2.05, 4.69) is 39.6 Å². The van der Waals surface area contributed by atoms with Crippen LogP contribution in [0.15, 0.2) is 60.9 Å². The molecular weight excluding hydrogens is 452 g/mol. The van der Waals surface area contributed by atoms with Crippen molar-refractivity contribution in [3.63, 3.8) is 0 Å². The maximum Gasteiger partial charge on any atom is 0.170 e. The molecule has 1 N–H and O–H groups in total. The second kappa shape index (κ2) is 9.09. The molecule has 182 valence electrons. The first kappa shape index (κ1) is 22.2. The zero-order valence-corrected chi connectivity index (χ0v) is 20.6. The number of fused-ring (bicyclic) bond motifs is 1. The second-order valence-corrected chi connectivity index (χ2v) is 8.96. The number of nitrogens with one attached hydrogen (secondary N) is 1. The highest BCUT2D eigenvalue weighted by Crippen LogP contribution is 2.31. The Bertz CT molecular complexity index is 1520. The van der Waals surface area contributed by atoms with Crippen LogP contribution in [0.4, 0.5) is 17.2 Å².